The predicted molar refractivity (Wildman–Crippen MR) is 134 cm³/mol. The van der Waals surface area contributed by atoms with Gasteiger partial charge < -0.3 is 4.57 Å². The zero-order chi connectivity index (χ0) is 24.0. The van der Waals surface area contributed by atoms with E-state index in [-0.39, 0.29) is 27.9 Å². The van der Waals surface area contributed by atoms with Crippen LogP contribution in [0.25, 0.3) is 17.0 Å². The zero-order valence-electron chi connectivity index (χ0n) is 18.4. The summed E-state index contributed by atoms with van der Waals surface area (Å²) in [5.74, 6) is -0.346. The van der Waals surface area contributed by atoms with E-state index in [0.717, 1.165) is 21.5 Å². The van der Waals surface area contributed by atoms with E-state index in [0.29, 0.717) is 17.3 Å². The molecular formula is C24H20N6O3S. The number of hydrazone groups is 1. The smallest absolute Gasteiger partial charge is 0.283 e. The summed E-state index contributed by atoms with van der Waals surface area (Å²) in [5.41, 5.74) is 2.36. The summed E-state index contributed by atoms with van der Waals surface area (Å²) >= 11 is 1.31. The number of nitro benzene ring substituents is 1. The number of carbonyl (C=O) groups excluding carboxylic acids is 1. The molecule has 2 aromatic carbocycles. The van der Waals surface area contributed by atoms with E-state index in [2.05, 4.69) is 10.1 Å². The number of aromatic nitrogens is 1. The number of aliphatic imine (C=N–C) groups is 1. The lowest BCUT2D eigenvalue weighted by molar-refractivity contribution is -0.385. The van der Waals surface area contributed by atoms with Crippen LogP contribution < -0.4 is 0 Å². The van der Waals surface area contributed by atoms with E-state index in [9.17, 15) is 14.9 Å². The van der Waals surface area contributed by atoms with Crippen molar-refractivity contribution < 1.29 is 9.72 Å². The summed E-state index contributed by atoms with van der Waals surface area (Å²) in [6.45, 7) is 4.29. The summed E-state index contributed by atoms with van der Waals surface area (Å²) in [6.07, 6.45) is 3.49. The van der Waals surface area contributed by atoms with Gasteiger partial charge in [0.15, 0.2) is 5.84 Å². The number of amides is 1. The quantitative estimate of drug-likeness (QED) is 0.323. The second kappa shape index (κ2) is 8.38. The first-order valence-corrected chi connectivity index (χ1v) is 11.5. The van der Waals surface area contributed by atoms with E-state index in [1.807, 2.05) is 48.9 Å². The third-order valence-corrected chi connectivity index (χ3v) is 6.82. The van der Waals surface area contributed by atoms with Crippen LogP contribution in [-0.4, -0.2) is 36.5 Å². The Bertz CT molecular complexity index is 1470. The van der Waals surface area contributed by atoms with Crippen LogP contribution >= 0.6 is 11.8 Å². The Morgan fingerprint density at radius 3 is 2.68 bits per heavy atom. The van der Waals surface area contributed by atoms with Gasteiger partial charge in [0.2, 0.25) is 5.17 Å². The number of thioether (sulfide) groups is 1. The van der Waals surface area contributed by atoms with Crippen LogP contribution in [0.5, 0.6) is 0 Å². The minimum atomic E-state index is -0.487. The lowest BCUT2D eigenvalue weighted by Gasteiger charge is -2.20. The summed E-state index contributed by atoms with van der Waals surface area (Å²) in [4.78, 5) is 28.0. The van der Waals surface area contributed by atoms with Crippen molar-refractivity contribution in [2.45, 2.75) is 20.4 Å². The van der Waals surface area contributed by atoms with Gasteiger partial charge in [-0.05, 0) is 23.9 Å². The summed E-state index contributed by atoms with van der Waals surface area (Å²) in [5, 5.41) is 28.0. The third-order valence-electron chi connectivity index (χ3n) is 5.61. The van der Waals surface area contributed by atoms with Gasteiger partial charge >= 0.3 is 0 Å². The maximum absolute atomic E-state index is 12.8. The second-order valence-corrected chi connectivity index (χ2v) is 9.22. The van der Waals surface area contributed by atoms with Crippen LogP contribution in [0.2, 0.25) is 0 Å². The summed E-state index contributed by atoms with van der Waals surface area (Å²) in [6, 6.07) is 14.3. The van der Waals surface area contributed by atoms with Crippen molar-refractivity contribution in [3.63, 3.8) is 0 Å². The summed E-state index contributed by atoms with van der Waals surface area (Å²) < 4.78 is 1.91. The van der Waals surface area contributed by atoms with Crippen molar-refractivity contribution >= 4 is 56.4 Å². The molecule has 1 N–H and O–H groups in total. The number of nitrogens with one attached hydrogen (secondary N) is 1. The average molecular weight is 473 g/mol. The molecule has 9 nitrogen and oxygen atoms in total. The average Bonchev–Trinajstić information content (AvgIpc) is 3.39. The van der Waals surface area contributed by atoms with Crippen molar-refractivity contribution in [1.82, 2.24) is 9.58 Å². The van der Waals surface area contributed by atoms with Crippen LogP contribution in [0.3, 0.4) is 0 Å². The molecule has 0 unspecified atom stereocenters. The Labute approximate surface area is 199 Å². The number of amidine groups is 2. The highest BCUT2D eigenvalue weighted by atomic mass is 32.2. The molecule has 10 heteroatoms. The highest BCUT2D eigenvalue weighted by Crippen LogP contribution is 2.32. The maximum Gasteiger partial charge on any atom is 0.283 e. The van der Waals surface area contributed by atoms with Crippen LogP contribution in [0.1, 0.15) is 25.0 Å². The number of hydrogen-bond donors (Lipinski definition) is 1. The van der Waals surface area contributed by atoms with Gasteiger partial charge in [0.1, 0.15) is 5.04 Å². The molecular weight excluding hydrogens is 452 g/mol. The van der Waals surface area contributed by atoms with Gasteiger partial charge in [0.25, 0.3) is 11.6 Å². The number of rotatable bonds is 5. The molecule has 0 saturated heterocycles. The van der Waals surface area contributed by atoms with E-state index < -0.39 is 5.91 Å². The molecule has 2 aliphatic heterocycles. The van der Waals surface area contributed by atoms with E-state index in [4.69, 9.17) is 5.41 Å². The van der Waals surface area contributed by atoms with Gasteiger partial charge in [0.05, 0.1) is 17.0 Å². The molecule has 0 atom stereocenters. The standard InChI is InChI=1S/C24H20N6O3S/c1-14(2)23-27-29-21(25)18(22(31)26-24(29)34-23)11-16-13-28(20-10-6-4-8-17(16)20)12-15-7-3-5-9-19(15)30(32)33/h3-11,13-14,25H,12H2,1-2H3. The highest BCUT2D eigenvalue weighted by molar-refractivity contribution is 8.27. The van der Waals surface area contributed by atoms with Crippen LogP contribution in [0, 0.1) is 21.4 Å². The molecule has 1 aromatic heterocycles. The molecule has 0 aliphatic carbocycles. The fourth-order valence-corrected chi connectivity index (χ4v) is 4.82. The highest BCUT2D eigenvalue weighted by Gasteiger charge is 2.36. The van der Waals surface area contributed by atoms with Crippen molar-refractivity contribution in [2.75, 3.05) is 0 Å². The number of para-hydroxylation sites is 2. The number of nitro groups is 1. The van der Waals surface area contributed by atoms with Gasteiger partial charge in [-0.3, -0.25) is 20.3 Å². The summed E-state index contributed by atoms with van der Waals surface area (Å²) in [7, 11) is 0. The number of fused-ring (bicyclic) bond motifs is 2. The van der Waals surface area contributed by atoms with Gasteiger partial charge in [0, 0.05) is 40.2 Å². The van der Waals surface area contributed by atoms with Crippen molar-refractivity contribution in [1.29, 1.82) is 5.41 Å². The molecule has 0 fully saturated rings. The lowest BCUT2D eigenvalue weighted by atomic mass is 10.1. The lowest BCUT2D eigenvalue weighted by Crippen LogP contribution is -2.35. The third kappa shape index (κ3) is 3.71. The zero-order valence-corrected chi connectivity index (χ0v) is 19.2. The number of hydrogen-bond acceptors (Lipinski definition) is 6. The molecule has 0 radical (unpaired) electrons. The second-order valence-electron chi connectivity index (χ2n) is 8.23. The Morgan fingerprint density at radius 1 is 1.18 bits per heavy atom. The first-order chi connectivity index (χ1) is 16.3. The molecule has 2 aliphatic rings. The first-order valence-electron chi connectivity index (χ1n) is 10.6. The van der Waals surface area contributed by atoms with E-state index in [1.54, 1.807) is 24.3 Å². The topological polar surface area (TPSA) is 117 Å². The fourth-order valence-electron chi connectivity index (χ4n) is 3.92. The van der Waals surface area contributed by atoms with Gasteiger partial charge in [-0.15, -0.1) is 0 Å². The van der Waals surface area contributed by atoms with Crippen molar-refractivity contribution in [3.05, 3.63) is 81.5 Å². The monoisotopic (exact) mass is 472 g/mol. The molecule has 0 bridgehead atoms. The fraction of sp³-hybridized carbons (Fsp3) is 0.167. The molecule has 170 valence electrons. The largest absolute Gasteiger partial charge is 0.342 e. The Kier molecular flexibility index (Phi) is 5.37. The van der Waals surface area contributed by atoms with Crippen LogP contribution in [-0.2, 0) is 11.3 Å². The Hall–Kier alpha value is -4.05. The van der Waals surface area contributed by atoms with Crippen LogP contribution in [0.15, 0.2) is 70.4 Å². The van der Waals surface area contributed by atoms with Crippen molar-refractivity contribution in [2.24, 2.45) is 16.0 Å². The first kappa shape index (κ1) is 21.8. The van der Waals surface area contributed by atoms with Crippen LogP contribution in [0.4, 0.5) is 5.69 Å². The molecule has 0 saturated carbocycles. The van der Waals surface area contributed by atoms with Gasteiger partial charge in [-0.1, -0.05) is 50.2 Å². The van der Waals surface area contributed by atoms with Crippen molar-refractivity contribution in [3.8, 4) is 0 Å². The molecule has 5 rings (SSSR count). The maximum atomic E-state index is 12.8. The number of benzene rings is 2. The molecule has 0 spiro atoms. The molecule has 1 amide bonds. The molecule has 3 heterocycles. The van der Waals surface area contributed by atoms with E-state index in [1.165, 1.54) is 22.8 Å². The number of nitrogens with zero attached hydrogens (tertiary/aromatic N) is 5. The minimum absolute atomic E-state index is 0.0197. The minimum Gasteiger partial charge on any atom is -0.342 e. The Morgan fingerprint density at radius 2 is 1.91 bits per heavy atom. The van der Waals surface area contributed by atoms with Gasteiger partial charge in [-0.25, -0.2) is 0 Å². The van der Waals surface area contributed by atoms with E-state index >= 15 is 0 Å². The predicted octanol–water partition coefficient (Wildman–Crippen LogP) is 4.87. The molecule has 34 heavy (non-hydrogen) atoms. The van der Waals surface area contributed by atoms with Gasteiger partial charge in [-0.2, -0.15) is 15.1 Å². The normalized spacial score (nSPS) is 16.9. The molecule has 3 aromatic rings. The SMILES string of the molecule is CC(C)C1=NN2C(=N)C(=Cc3cn(Cc4ccccc4[N+](=O)[O-])c4ccccc34)C(=O)N=C2S1. The number of carbonyl (C=O) groups is 1. The Balaban J connectivity index is 1.57.